The van der Waals surface area contributed by atoms with Gasteiger partial charge in [0.15, 0.2) is 6.61 Å². The SMILES string of the molecule is O=C(COc1cccc(Cl)c1)NC(CO)CO. The fourth-order valence-corrected chi connectivity index (χ4v) is 1.30. The maximum Gasteiger partial charge on any atom is 0.258 e. The van der Waals surface area contributed by atoms with Crippen molar-refractivity contribution in [2.45, 2.75) is 6.04 Å². The van der Waals surface area contributed by atoms with E-state index in [1.807, 2.05) is 0 Å². The van der Waals surface area contributed by atoms with E-state index >= 15 is 0 Å². The van der Waals surface area contributed by atoms with Crippen LogP contribution < -0.4 is 10.1 Å². The van der Waals surface area contributed by atoms with Gasteiger partial charge in [0.1, 0.15) is 5.75 Å². The lowest BCUT2D eigenvalue weighted by Gasteiger charge is -2.13. The number of hydrogen-bond acceptors (Lipinski definition) is 4. The quantitative estimate of drug-likeness (QED) is 0.681. The van der Waals surface area contributed by atoms with Crippen LogP contribution in [0, 0.1) is 0 Å². The topological polar surface area (TPSA) is 78.8 Å². The third kappa shape index (κ3) is 5.04. The van der Waals surface area contributed by atoms with Crippen molar-refractivity contribution in [2.75, 3.05) is 19.8 Å². The van der Waals surface area contributed by atoms with Crippen LogP contribution in [0.5, 0.6) is 5.75 Å². The molecule has 3 N–H and O–H groups in total. The van der Waals surface area contributed by atoms with E-state index in [1.54, 1.807) is 24.3 Å². The zero-order valence-electron chi connectivity index (χ0n) is 9.10. The summed E-state index contributed by atoms with van der Waals surface area (Å²) in [6.07, 6.45) is 0. The standard InChI is InChI=1S/C11H14ClNO4/c12-8-2-1-3-10(4-8)17-7-11(16)13-9(5-14)6-15/h1-4,9,14-15H,5-7H2,(H,13,16). The highest BCUT2D eigenvalue weighted by Gasteiger charge is 2.10. The predicted molar refractivity (Wildman–Crippen MR) is 63.0 cm³/mol. The molecule has 0 aliphatic rings. The van der Waals surface area contributed by atoms with Crippen LogP contribution in [0.2, 0.25) is 5.02 Å². The van der Waals surface area contributed by atoms with Gasteiger partial charge in [0.05, 0.1) is 19.3 Å². The predicted octanol–water partition coefficient (Wildman–Crippen LogP) is 0.188. The molecule has 0 saturated heterocycles. The van der Waals surface area contributed by atoms with Crippen molar-refractivity contribution in [2.24, 2.45) is 0 Å². The molecule has 1 amide bonds. The molecule has 1 aromatic carbocycles. The lowest BCUT2D eigenvalue weighted by atomic mass is 10.3. The van der Waals surface area contributed by atoms with Gasteiger partial charge in [0.25, 0.3) is 5.91 Å². The number of benzene rings is 1. The Morgan fingerprint density at radius 3 is 2.71 bits per heavy atom. The summed E-state index contributed by atoms with van der Waals surface area (Å²) < 4.78 is 5.18. The minimum absolute atomic E-state index is 0.198. The molecule has 0 aliphatic carbocycles. The van der Waals surface area contributed by atoms with E-state index in [9.17, 15) is 4.79 Å². The average Bonchev–Trinajstić information content (AvgIpc) is 2.33. The van der Waals surface area contributed by atoms with Crippen LogP contribution in [0.15, 0.2) is 24.3 Å². The van der Waals surface area contributed by atoms with Crippen LogP contribution >= 0.6 is 11.6 Å². The Morgan fingerprint density at radius 1 is 1.41 bits per heavy atom. The number of nitrogens with one attached hydrogen (secondary N) is 1. The first-order valence-electron chi connectivity index (χ1n) is 5.05. The molecule has 0 radical (unpaired) electrons. The highest BCUT2D eigenvalue weighted by Crippen LogP contribution is 2.16. The summed E-state index contributed by atoms with van der Waals surface area (Å²) >= 11 is 5.74. The van der Waals surface area contributed by atoms with Gasteiger partial charge in [-0.2, -0.15) is 0 Å². The normalized spacial score (nSPS) is 10.4. The molecule has 94 valence electrons. The minimum Gasteiger partial charge on any atom is -0.484 e. The molecule has 0 aliphatic heterocycles. The zero-order valence-corrected chi connectivity index (χ0v) is 9.85. The van der Waals surface area contributed by atoms with E-state index in [2.05, 4.69) is 5.32 Å². The van der Waals surface area contributed by atoms with E-state index in [4.69, 9.17) is 26.6 Å². The van der Waals surface area contributed by atoms with Gasteiger partial charge < -0.3 is 20.3 Å². The second kappa shape index (κ2) is 7.11. The van der Waals surface area contributed by atoms with Gasteiger partial charge in [-0.15, -0.1) is 0 Å². The summed E-state index contributed by atoms with van der Waals surface area (Å²) in [6.45, 7) is -0.838. The molecule has 0 spiro atoms. The molecule has 0 heterocycles. The van der Waals surface area contributed by atoms with E-state index < -0.39 is 11.9 Å². The van der Waals surface area contributed by atoms with Crippen LogP contribution in [-0.2, 0) is 4.79 Å². The summed E-state index contributed by atoms with van der Waals surface area (Å²) in [5.74, 6) is 0.0651. The second-order valence-electron chi connectivity index (χ2n) is 3.38. The summed E-state index contributed by atoms with van der Waals surface area (Å²) in [7, 11) is 0. The number of ether oxygens (including phenoxy) is 1. The molecule has 0 saturated carbocycles. The highest BCUT2D eigenvalue weighted by atomic mass is 35.5. The number of carbonyl (C=O) groups is 1. The lowest BCUT2D eigenvalue weighted by molar-refractivity contribution is -0.124. The molecular weight excluding hydrogens is 246 g/mol. The maximum absolute atomic E-state index is 11.3. The van der Waals surface area contributed by atoms with Crippen LogP contribution in [0.25, 0.3) is 0 Å². The van der Waals surface area contributed by atoms with Crippen LogP contribution in [0.1, 0.15) is 0 Å². The molecule has 0 fully saturated rings. The number of rotatable bonds is 6. The summed E-state index contributed by atoms with van der Waals surface area (Å²) in [5, 5.41) is 20.5. The summed E-state index contributed by atoms with van der Waals surface area (Å²) in [4.78, 5) is 11.3. The van der Waals surface area contributed by atoms with Gasteiger partial charge in [-0.25, -0.2) is 0 Å². The van der Waals surface area contributed by atoms with E-state index in [0.717, 1.165) is 0 Å². The Kier molecular flexibility index (Phi) is 5.76. The fraction of sp³-hybridized carbons (Fsp3) is 0.364. The van der Waals surface area contributed by atoms with Gasteiger partial charge in [0, 0.05) is 5.02 Å². The third-order valence-corrected chi connectivity index (χ3v) is 2.21. The first-order chi connectivity index (χ1) is 8.15. The van der Waals surface area contributed by atoms with Crippen molar-refractivity contribution < 1.29 is 19.7 Å². The lowest BCUT2D eigenvalue weighted by Crippen LogP contribution is -2.42. The van der Waals surface area contributed by atoms with Gasteiger partial charge in [0.2, 0.25) is 0 Å². The van der Waals surface area contributed by atoms with Crippen molar-refractivity contribution >= 4 is 17.5 Å². The summed E-state index contributed by atoms with van der Waals surface area (Å²) in [5.41, 5.74) is 0. The number of amides is 1. The molecule has 1 aromatic rings. The van der Waals surface area contributed by atoms with Crippen LogP contribution in [0.3, 0.4) is 0 Å². The molecule has 0 bridgehead atoms. The van der Waals surface area contributed by atoms with E-state index in [1.165, 1.54) is 0 Å². The molecule has 0 aromatic heterocycles. The van der Waals surface area contributed by atoms with Crippen molar-refractivity contribution in [3.05, 3.63) is 29.3 Å². The van der Waals surface area contributed by atoms with Crippen molar-refractivity contribution in [1.82, 2.24) is 5.32 Å². The van der Waals surface area contributed by atoms with E-state index in [-0.39, 0.29) is 19.8 Å². The number of aliphatic hydroxyl groups excluding tert-OH is 2. The smallest absolute Gasteiger partial charge is 0.258 e. The van der Waals surface area contributed by atoms with Crippen LogP contribution in [-0.4, -0.2) is 42.0 Å². The van der Waals surface area contributed by atoms with Gasteiger partial charge in [-0.1, -0.05) is 17.7 Å². The Morgan fingerprint density at radius 2 is 2.12 bits per heavy atom. The largest absolute Gasteiger partial charge is 0.484 e. The molecule has 0 atom stereocenters. The maximum atomic E-state index is 11.3. The van der Waals surface area contributed by atoms with Gasteiger partial charge >= 0.3 is 0 Å². The van der Waals surface area contributed by atoms with Crippen LogP contribution in [0.4, 0.5) is 0 Å². The molecule has 1 rings (SSSR count). The molecular formula is C11H14ClNO4. The monoisotopic (exact) mass is 259 g/mol. The number of aliphatic hydroxyl groups is 2. The van der Waals surface area contributed by atoms with E-state index in [0.29, 0.717) is 10.8 Å². The number of halogens is 1. The Bertz CT molecular complexity index is 368. The first-order valence-corrected chi connectivity index (χ1v) is 5.43. The minimum atomic E-state index is -0.662. The highest BCUT2D eigenvalue weighted by molar-refractivity contribution is 6.30. The third-order valence-electron chi connectivity index (χ3n) is 1.97. The number of hydrogen-bond donors (Lipinski definition) is 3. The fourth-order valence-electron chi connectivity index (χ4n) is 1.12. The molecule has 17 heavy (non-hydrogen) atoms. The van der Waals surface area contributed by atoms with Crippen molar-refractivity contribution in [3.8, 4) is 5.75 Å². The van der Waals surface area contributed by atoms with Crippen molar-refractivity contribution in [1.29, 1.82) is 0 Å². The van der Waals surface area contributed by atoms with Gasteiger partial charge in [-0.05, 0) is 18.2 Å². The van der Waals surface area contributed by atoms with Crippen molar-refractivity contribution in [3.63, 3.8) is 0 Å². The second-order valence-corrected chi connectivity index (χ2v) is 3.81. The Labute approximate surface area is 104 Å². The Balaban J connectivity index is 2.38. The average molecular weight is 260 g/mol. The van der Waals surface area contributed by atoms with Gasteiger partial charge in [-0.3, -0.25) is 4.79 Å². The Hall–Kier alpha value is -1.30. The summed E-state index contributed by atoms with van der Waals surface area (Å²) in [6, 6.07) is 6.01. The molecule has 0 unspecified atom stereocenters. The molecule has 5 nitrogen and oxygen atoms in total. The molecule has 6 heteroatoms. The first kappa shape index (κ1) is 13.8. The number of carbonyl (C=O) groups excluding carboxylic acids is 1. The zero-order chi connectivity index (χ0) is 12.7.